The first-order valence-corrected chi connectivity index (χ1v) is 5.40. The highest BCUT2D eigenvalue weighted by atomic mass is 16.1. The topological polar surface area (TPSA) is 72.9 Å². The van der Waals surface area contributed by atoms with Gasteiger partial charge in [-0.05, 0) is 31.2 Å². The van der Waals surface area contributed by atoms with Crippen LogP contribution in [0, 0.1) is 0 Å². The van der Waals surface area contributed by atoms with Crippen LogP contribution in [-0.2, 0) is 0 Å². The van der Waals surface area contributed by atoms with Crippen molar-refractivity contribution in [3.8, 4) is 5.69 Å². The van der Waals surface area contributed by atoms with Crippen molar-refractivity contribution in [3.05, 3.63) is 42.2 Å². The zero-order valence-corrected chi connectivity index (χ0v) is 9.55. The quantitative estimate of drug-likeness (QED) is 0.778. The first-order chi connectivity index (χ1) is 8.22. The van der Waals surface area contributed by atoms with Gasteiger partial charge in [-0.2, -0.15) is 5.10 Å². The third-order valence-corrected chi connectivity index (χ3v) is 2.38. The monoisotopic (exact) mass is 230 g/mol. The van der Waals surface area contributed by atoms with Gasteiger partial charge in [-0.1, -0.05) is 0 Å². The van der Waals surface area contributed by atoms with Crippen LogP contribution in [-0.4, -0.2) is 22.2 Å². The third kappa shape index (κ3) is 2.28. The standard InChI is InChI=1S/C12H14N4O/c1-2-14-12(17)9-4-5-11(10(13)8-9)16-7-3-6-15-16/h3-8H,2,13H2,1H3,(H,14,17). The van der Waals surface area contributed by atoms with E-state index in [-0.39, 0.29) is 5.91 Å². The Morgan fingerprint density at radius 1 is 1.53 bits per heavy atom. The molecular weight excluding hydrogens is 216 g/mol. The highest BCUT2D eigenvalue weighted by molar-refractivity contribution is 5.95. The highest BCUT2D eigenvalue weighted by Crippen LogP contribution is 2.17. The largest absolute Gasteiger partial charge is 0.397 e. The van der Waals surface area contributed by atoms with Crippen molar-refractivity contribution >= 4 is 11.6 Å². The molecule has 2 aromatic rings. The molecule has 0 fully saturated rings. The van der Waals surface area contributed by atoms with Gasteiger partial charge in [0.2, 0.25) is 0 Å². The van der Waals surface area contributed by atoms with Crippen LogP contribution in [0.5, 0.6) is 0 Å². The summed E-state index contributed by atoms with van der Waals surface area (Å²) in [4.78, 5) is 11.6. The Labute approximate surface area is 99.2 Å². The molecule has 1 aromatic heterocycles. The molecule has 17 heavy (non-hydrogen) atoms. The molecule has 5 nitrogen and oxygen atoms in total. The van der Waals surface area contributed by atoms with E-state index in [4.69, 9.17) is 5.73 Å². The number of aromatic nitrogens is 2. The molecule has 0 bridgehead atoms. The molecule has 88 valence electrons. The molecule has 0 unspecified atom stereocenters. The Hall–Kier alpha value is -2.30. The van der Waals surface area contributed by atoms with Crippen LogP contribution >= 0.6 is 0 Å². The van der Waals surface area contributed by atoms with Crippen LogP contribution in [0.3, 0.4) is 0 Å². The predicted octanol–water partition coefficient (Wildman–Crippen LogP) is 1.20. The number of nitrogens with two attached hydrogens (primary N) is 1. The summed E-state index contributed by atoms with van der Waals surface area (Å²) in [7, 11) is 0. The van der Waals surface area contributed by atoms with Gasteiger partial charge in [0.1, 0.15) is 0 Å². The van der Waals surface area contributed by atoms with Gasteiger partial charge in [-0.3, -0.25) is 4.79 Å². The number of rotatable bonds is 3. The minimum atomic E-state index is -0.119. The molecule has 1 heterocycles. The van der Waals surface area contributed by atoms with Crippen molar-refractivity contribution < 1.29 is 4.79 Å². The second-order valence-corrected chi connectivity index (χ2v) is 3.58. The molecule has 0 spiro atoms. The maximum absolute atomic E-state index is 11.6. The first kappa shape index (κ1) is 11.2. The fourth-order valence-electron chi connectivity index (χ4n) is 1.58. The molecule has 1 amide bonds. The molecule has 0 saturated heterocycles. The third-order valence-electron chi connectivity index (χ3n) is 2.38. The Morgan fingerprint density at radius 3 is 2.94 bits per heavy atom. The Bertz CT molecular complexity index is 519. The van der Waals surface area contributed by atoms with Crippen molar-refractivity contribution in [1.82, 2.24) is 15.1 Å². The molecule has 0 aliphatic rings. The van der Waals surface area contributed by atoms with Crippen LogP contribution in [0.2, 0.25) is 0 Å². The van der Waals surface area contributed by atoms with Gasteiger partial charge in [0.15, 0.2) is 0 Å². The average Bonchev–Trinajstić information content (AvgIpc) is 2.82. The lowest BCUT2D eigenvalue weighted by atomic mass is 10.1. The lowest BCUT2D eigenvalue weighted by molar-refractivity contribution is 0.0956. The number of hydrogen-bond donors (Lipinski definition) is 2. The van der Waals surface area contributed by atoms with Gasteiger partial charge in [0.05, 0.1) is 11.4 Å². The number of carbonyl (C=O) groups is 1. The van der Waals surface area contributed by atoms with E-state index in [2.05, 4.69) is 10.4 Å². The smallest absolute Gasteiger partial charge is 0.251 e. The highest BCUT2D eigenvalue weighted by Gasteiger charge is 2.08. The molecule has 3 N–H and O–H groups in total. The molecule has 5 heteroatoms. The van der Waals surface area contributed by atoms with Gasteiger partial charge in [-0.25, -0.2) is 4.68 Å². The number of nitrogen functional groups attached to an aromatic ring is 1. The molecular formula is C12H14N4O. The van der Waals surface area contributed by atoms with E-state index >= 15 is 0 Å². The van der Waals surface area contributed by atoms with Crippen LogP contribution < -0.4 is 11.1 Å². The maximum atomic E-state index is 11.6. The molecule has 1 aromatic carbocycles. The van der Waals surface area contributed by atoms with Gasteiger partial charge in [-0.15, -0.1) is 0 Å². The van der Waals surface area contributed by atoms with Crippen LogP contribution in [0.25, 0.3) is 5.69 Å². The van der Waals surface area contributed by atoms with E-state index < -0.39 is 0 Å². The fourth-order valence-corrected chi connectivity index (χ4v) is 1.58. The Kier molecular flexibility index (Phi) is 3.09. The van der Waals surface area contributed by atoms with Gasteiger partial charge in [0, 0.05) is 24.5 Å². The maximum Gasteiger partial charge on any atom is 0.251 e. The van der Waals surface area contributed by atoms with E-state index in [1.165, 1.54) is 0 Å². The fraction of sp³-hybridized carbons (Fsp3) is 0.167. The van der Waals surface area contributed by atoms with Gasteiger partial charge < -0.3 is 11.1 Å². The first-order valence-electron chi connectivity index (χ1n) is 5.40. The van der Waals surface area contributed by atoms with Crippen LogP contribution in [0.1, 0.15) is 17.3 Å². The van der Waals surface area contributed by atoms with E-state index in [1.54, 1.807) is 35.3 Å². The Balaban J connectivity index is 2.32. The summed E-state index contributed by atoms with van der Waals surface area (Å²) < 4.78 is 1.66. The van der Waals surface area contributed by atoms with E-state index in [0.29, 0.717) is 17.8 Å². The van der Waals surface area contributed by atoms with E-state index in [0.717, 1.165) is 5.69 Å². The zero-order chi connectivity index (χ0) is 12.3. The number of benzene rings is 1. The summed E-state index contributed by atoms with van der Waals surface area (Å²) in [5.74, 6) is -0.119. The number of anilines is 1. The minimum absolute atomic E-state index is 0.119. The molecule has 0 radical (unpaired) electrons. The average molecular weight is 230 g/mol. The zero-order valence-electron chi connectivity index (χ0n) is 9.55. The lowest BCUT2D eigenvalue weighted by Crippen LogP contribution is -2.22. The minimum Gasteiger partial charge on any atom is -0.397 e. The summed E-state index contributed by atoms with van der Waals surface area (Å²) >= 11 is 0. The van der Waals surface area contributed by atoms with Crippen molar-refractivity contribution in [1.29, 1.82) is 0 Å². The summed E-state index contributed by atoms with van der Waals surface area (Å²) in [5, 5.41) is 6.82. The number of amides is 1. The van der Waals surface area contributed by atoms with Gasteiger partial charge >= 0.3 is 0 Å². The van der Waals surface area contributed by atoms with E-state index in [9.17, 15) is 4.79 Å². The number of nitrogens with one attached hydrogen (secondary N) is 1. The van der Waals surface area contributed by atoms with Gasteiger partial charge in [0.25, 0.3) is 5.91 Å². The molecule has 2 rings (SSSR count). The van der Waals surface area contributed by atoms with Crippen LogP contribution in [0.15, 0.2) is 36.7 Å². The van der Waals surface area contributed by atoms with Crippen molar-refractivity contribution in [3.63, 3.8) is 0 Å². The molecule has 0 saturated carbocycles. The van der Waals surface area contributed by atoms with Crippen molar-refractivity contribution in [2.24, 2.45) is 0 Å². The SMILES string of the molecule is CCNC(=O)c1ccc(-n2cccn2)c(N)c1. The summed E-state index contributed by atoms with van der Waals surface area (Å²) in [6.45, 7) is 2.47. The number of hydrogen-bond acceptors (Lipinski definition) is 3. The molecule has 0 aliphatic heterocycles. The predicted molar refractivity (Wildman–Crippen MR) is 66.0 cm³/mol. The number of nitrogens with zero attached hydrogens (tertiary/aromatic N) is 2. The second kappa shape index (κ2) is 4.69. The summed E-state index contributed by atoms with van der Waals surface area (Å²) in [6, 6.07) is 6.99. The normalized spacial score (nSPS) is 10.2. The van der Waals surface area contributed by atoms with E-state index in [1.807, 2.05) is 13.0 Å². The lowest BCUT2D eigenvalue weighted by Gasteiger charge is -2.08. The van der Waals surface area contributed by atoms with Crippen molar-refractivity contribution in [2.75, 3.05) is 12.3 Å². The van der Waals surface area contributed by atoms with Crippen molar-refractivity contribution in [2.45, 2.75) is 6.92 Å². The van der Waals surface area contributed by atoms with Crippen LogP contribution in [0.4, 0.5) is 5.69 Å². The Morgan fingerprint density at radius 2 is 2.35 bits per heavy atom. The molecule has 0 atom stereocenters. The summed E-state index contributed by atoms with van der Waals surface area (Å²) in [6.07, 6.45) is 3.48. The number of carbonyl (C=O) groups excluding carboxylic acids is 1. The summed E-state index contributed by atoms with van der Waals surface area (Å²) in [5.41, 5.74) is 7.75. The molecule has 0 aliphatic carbocycles. The second-order valence-electron chi connectivity index (χ2n) is 3.58.